The molecule has 0 heterocycles. The Kier molecular flexibility index (Phi) is 7.51. The zero-order chi connectivity index (χ0) is 9.40. The van der Waals surface area contributed by atoms with Crippen LogP contribution in [-0.4, -0.2) is 19.3 Å². The molecule has 0 fully saturated rings. The lowest BCUT2D eigenvalue weighted by Crippen LogP contribution is -2.19. The Labute approximate surface area is 76.5 Å². The van der Waals surface area contributed by atoms with Crippen LogP contribution in [0.2, 0.25) is 0 Å². The van der Waals surface area contributed by atoms with Crippen LogP contribution >= 0.6 is 0 Å². The van der Waals surface area contributed by atoms with Crippen molar-refractivity contribution in [2.75, 3.05) is 7.11 Å². The fraction of sp³-hybridized carbons (Fsp3) is 1.00. The highest BCUT2D eigenvalue weighted by molar-refractivity contribution is 4.62. The quantitative estimate of drug-likeness (QED) is 0.641. The molecule has 0 saturated heterocycles. The molecule has 2 atom stereocenters. The molecule has 2 heteroatoms. The summed E-state index contributed by atoms with van der Waals surface area (Å²) >= 11 is 0. The molecule has 0 aromatic rings. The summed E-state index contributed by atoms with van der Waals surface area (Å²) in [5, 5.41) is 0. The van der Waals surface area contributed by atoms with Crippen molar-refractivity contribution in [3.8, 4) is 0 Å². The third-order valence-corrected chi connectivity index (χ3v) is 2.16. The topological polar surface area (TPSA) is 35.2 Å². The van der Waals surface area contributed by atoms with Crippen LogP contribution in [0.5, 0.6) is 0 Å². The lowest BCUT2D eigenvalue weighted by atomic mass is 10.0. The van der Waals surface area contributed by atoms with Gasteiger partial charge in [0.05, 0.1) is 6.10 Å². The second kappa shape index (κ2) is 7.56. The van der Waals surface area contributed by atoms with Crippen LogP contribution < -0.4 is 5.73 Å². The van der Waals surface area contributed by atoms with E-state index in [1.807, 2.05) is 6.92 Å². The van der Waals surface area contributed by atoms with Crippen molar-refractivity contribution in [1.29, 1.82) is 0 Å². The predicted octanol–water partition coefficient (Wildman–Crippen LogP) is 2.32. The van der Waals surface area contributed by atoms with E-state index < -0.39 is 0 Å². The molecule has 0 aliphatic heterocycles. The third-order valence-electron chi connectivity index (χ3n) is 2.16. The van der Waals surface area contributed by atoms with Gasteiger partial charge in [0, 0.05) is 13.2 Å². The van der Waals surface area contributed by atoms with Gasteiger partial charge in [-0.1, -0.05) is 19.8 Å². The standard InChI is InChI=1S/C10H23NO/c1-4-5-6-10(12-3)8-7-9(2)11/h9-10H,4-8,11H2,1-3H3. The summed E-state index contributed by atoms with van der Waals surface area (Å²) in [5.74, 6) is 0. The minimum absolute atomic E-state index is 0.310. The molecule has 2 nitrogen and oxygen atoms in total. The van der Waals surface area contributed by atoms with Gasteiger partial charge in [0.15, 0.2) is 0 Å². The molecule has 0 amide bonds. The van der Waals surface area contributed by atoms with E-state index in [2.05, 4.69) is 6.92 Å². The molecule has 0 bridgehead atoms. The van der Waals surface area contributed by atoms with E-state index in [-0.39, 0.29) is 0 Å². The van der Waals surface area contributed by atoms with Gasteiger partial charge in [-0.25, -0.2) is 0 Å². The minimum Gasteiger partial charge on any atom is -0.381 e. The molecule has 0 aliphatic carbocycles. The van der Waals surface area contributed by atoms with Crippen LogP contribution in [-0.2, 0) is 4.74 Å². The van der Waals surface area contributed by atoms with Crippen molar-refractivity contribution >= 4 is 0 Å². The summed E-state index contributed by atoms with van der Waals surface area (Å²) < 4.78 is 5.35. The Hall–Kier alpha value is -0.0800. The van der Waals surface area contributed by atoms with Gasteiger partial charge in [-0.2, -0.15) is 0 Å². The van der Waals surface area contributed by atoms with Gasteiger partial charge >= 0.3 is 0 Å². The van der Waals surface area contributed by atoms with Crippen LogP contribution in [0.1, 0.15) is 46.0 Å². The number of ether oxygens (including phenoxy) is 1. The summed E-state index contributed by atoms with van der Waals surface area (Å²) in [6, 6.07) is 0.310. The van der Waals surface area contributed by atoms with E-state index in [1.165, 1.54) is 19.3 Å². The first-order valence-corrected chi connectivity index (χ1v) is 4.99. The number of hydrogen-bond donors (Lipinski definition) is 1. The van der Waals surface area contributed by atoms with E-state index in [0.717, 1.165) is 12.8 Å². The first-order valence-electron chi connectivity index (χ1n) is 4.99. The Balaban J connectivity index is 3.39. The summed E-state index contributed by atoms with van der Waals surface area (Å²) in [5.41, 5.74) is 5.67. The van der Waals surface area contributed by atoms with Gasteiger partial charge in [-0.3, -0.25) is 0 Å². The molecule has 0 spiro atoms. The van der Waals surface area contributed by atoms with E-state index in [1.54, 1.807) is 7.11 Å². The highest BCUT2D eigenvalue weighted by Gasteiger charge is 2.07. The summed E-state index contributed by atoms with van der Waals surface area (Å²) in [6.45, 7) is 4.25. The molecule has 0 radical (unpaired) electrons. The van der Waals surface area contributed by atoms with Crippen molar-refractivity contribution in [1.82, 2.24) is 0 Å². The van der Waals surface area contributed by atoms with E-state index in [0.29, 0.717) is 12.1 Å². The number of unbranched alkanes of at least 4 members (excludes halogenated alkanes) is 1. The summed E-state index contributed by atoms with van der Waals surface area (Å²) in [7, 11) is 1.79. The Morgan fingerprint density at radius 2 is 1.92 bits per heavy atom. The number of rotatable bonds is 7. The van der Waals surface area contributed by atoms with Crippen molar-refractivity contribution < 1.29 is 4.74 Å². The highest BCUT2D eigenvalue weighted by Crippen LogP contribution is 2.10. The smallest absolute Gasteiger partial charge is 0.0572 e. The summed E-state index contributed by atoms with van der Waals surface area (Å²) in [6.07, 6.45) is 6.29. The third kappa shape index (κ3) is 6.62. The Morgan fingerprint density at radius 1 is 1.25 bits per heavy atom. The van der Waals surface area contributed by atoms with E-state index >= 15 is 0 Å². The lowest BCUT2D eigenvalue weighted by Gasteiger charge is -2.15. The Bertz CT molecular complexity index is 93.8. The molecular formula is C10H23NO. The Morgan fingerprint density at radius 3 is 2.33 bits per heavy atom. The maximum atomic E-state index is 5.67. The minimum atomic E-state index is 0.310. The second-order valence-corrected chi connectivity index (χ2v) is 3.55. The molecule has 2 N–H and O–H groups in total. The van der Waals surface area contributed by atoms with Gasteiger partial charge in [0.25, 0.3) is 0 Å². The van der Waals surface area contributed by atoms with Crippen LogP contribution in [0, 0.1) is 0 Å². The molecule has 12 heavy (non-hydrogen) atoms. The van der Waals surface area contributed by atoms with E-state index in [9.17, 15) is 0 Å². The fourth-order valence-corrected chi connectivity index (χ4v) is 1.26. The van der Waals surface area contributed by atoms with Crippen LogP contribution in [0.15, 0.2) is 0 Å². The zero-order valence-corrected chi connectivity index (χ0v) is 8.68. The molecule has 0 aromatic carbocycles. The molecule has 0 rings (SSSR count). The maximum Gasteiger partial charge on any atom is 0.0572 e. The van der Waals surface area contributed by atoms with Gasteiger partial charge in [-0.05, 0) is 26.2 Å². The maximum absolute atomic E-state index is 5.67. The van der Waals surface area contributed by atoms with Crippen molar-refractivity contribution in [3.05, 3.63) is 0 Å². The number of hydrogen-bond acceptors (Lipinski definition) is 2. The normalized spacial score (nSPS) is 16.0. The van der Waals surface area contributed by atoms with Crippen LogP contribution in [0.25, 0.3) is 0 Å². The second-order valence-electron chi connectivity index (χ2n) is 3.55. The number of nitrogens with two attached hydrogens (primary N) is 1. The van der Waals surface area contributed by atoms with Crippen molar-refractivity contribution in [3.63, 3.8) is 0 Å². The highest BCUT2D eigenvalue weighted by atomic mass is 16.5. The van der Waals surface area contributed by atoms with Crippen LogP contribution in [0.4, 0.5) is 0 Å². The number of methoxy groups -OCH3 is 1. The van der Waals surface area contributed by atoms with Gasteiger partial charge in [0.1, 0.15) is 0 Å². The SMILES string of the molecule is CCCCC(CCC(C)N)OC. The van der Waals surface area contributed by atoms with Crippen molar-refractivity contribution in [2.45, 2.75) is 58.1 Å². The predicted molar refractivity (Wildman–Crippen MR) is 53.2 cm³/mol. The molecule has 2 unspecified atom stereocenters. The zero-order valence-electron chi connectivity index (χ0n) is 8.68. The van der Waals surface area contributed by atoms with Gasteiger partial charge < -0.3 is 10.5 Å². The fourth-order valence-electron chi connectivity index (χ4n) is 1.26. The van der Waals surface area contributed by atoms with E-state index in [4.69, 9.17) is 10.5 Å². The molecule has 0 aromatic heterocycles. The molecule has 74 valence electrons. The average molecular weight is 173 g/mol. The van der Waals surface area contributed by atoms with Gasteiger partial charge in [-0.15, -0.1) is 0 Å². The van der Waals surface area contributed by atoms with Crippen LogP contribution in [0.3, 0.4) is 0 Å². The largest absolute Gasteiger partial charge is 0.381 e. The monoisotopic (exact) mass is 173 g/mol. The summed E-state index contributed by atoms with van der Waals surface area (Å²) in [4.78, 5) is 0. The molecule has 0 saturated carbocycles. The molecular weight excluding hydrogens is 150 g/mol. The first kappa shape index (κ1) is 11.9. The van der Waals surface area contributed by atoms with Crippen molar-refractivity contribution in [2.24, 2.45) is 5.73 Å². The lowest BCUT2D eigenvalue weighted by molar-refractivity contribution is 0.0830. The molecule has 0 aliphatic rings. The average Bonchev–Trinajstić information content (AvgIpc) is 2.05. The van der Waals surface area contributed by atoms with Gasteiger partial charge in [0.2, 0.25) is 0 Å². The first-order chi connectivity index (χ1) is 5.70.